The molecule has 0 atom stereocenters. The number of benzene rings is 1. The van der Waals surface area contributed by atoms with Crippen molar-refractivity contribution in [2.75, 3.05) is 48.9 Å². The molecule has 0 amide bonds. The van der Waals surface area contributed by atoms with Gasteiger partial charge in [0.05, 0.1) is 54.7 Å². The molecular weight excluding hydrogens is 496 g/mol. The van der Waals surface area contributed by atoms with Crippen LogP contribution in [0.2, 0.25) is 0 Å². The van der Waals surface area contributed by atoms with Crippen LogP contribution in [-0.2, 0) is 11.8 Å². The Hall–Kier alpha value is -4.51. The van der Waals surface area contributed by atoms with Crippen molar-refractivity contribution >= 4 is 34.5 Å². The molecule has 0 unspecified atom stereocenters. The van der Waals surface area contributed by atoms with E-state index in [-0.39, 0.29) is 11.7 Å². The van der Waals surface area contributed by atoms with E-state index in [1.165, 1.54) is 0 Å². The molecule has 6 rings (SSSR count). The molecule has 4 heterocycles. The number of Topliss-reactive ketones (excluding diaryl/α,β-unsaturated/α-hetero) is 1. The number of aromatic nitrogens is 5. The Labute approximate surface area is 226 Å². The maximum Gasteiger partial charge on any atom is 0.184 e. The van der Waals surface area contributed by atoms with E-state index in [0.717, 1.165) is 50.4 Å². The van der Waals surface area contributed by atoms with Gasteiger partial charge in [0.2, 0.25) is 0 Å². The molecule has 11 nitrogen and oxygen atoms in total. The van der Waals surface area contributed by atoms with E-state index in [2.05, 4.69) is 35.6 Å². The topological polar surface area (TPSA) is 119 Å². The van der Waals surface area contributed by atoms with Gasteiger partial charge in [0, 0.05) is 38.3 Å². The van der Waals surface area contributed by atoms with Crippen LogP contribution in [0.4, 0.5) is 28.7 Å². The molecule has 200 valence electrons. The summed E-state index contributed by atoms with van der Waals surface area (Å²) in [6, 6.07) is 11.5. The summed E-state index contributed by atoms with van der Waals surface area (Å²) in [7, 11) is 3.42. The average Bonchev–Trinajstić information content (AvgIpc) is 3.73. The monoisotopic (exact) mass is 526 g/mol. The van der Waals surface area contributed by atoms with Crippen LogP contribution < -0.4 is 20.3 Å². The van der Waals surface area contributed by atoms with Crippen LogP contribution in [-0.4, -0.2) is 63.9 Å². The number of hydrogen-bond acceptors (Lipinski definition) is 10. The largest absolute Gasteiger partial charge is 0.494 e. The highest BCUT2D eigenvalue weighted by Crippen LogP contribution is 2.39. The zero-order valence-electron chi connectivity index (χ0n) is 21.9. The van der Waals surface area contributed by atoms with E-state index in [0.29, 0.717) is 40.1 Å². The third-order valence-electron chi connectivity index (χ3n) is 6.83. The predicted molar refractivity (Wildman–Crippen MR) is 148 cm³/mol. The fraction of sp³-hybridized carbons (Fsp3) is 0.321. The Morgan fingerprint density at radius 1 is 1.00 bits per heavy atom. The normalized spacial score (nSPS) is 15.2. The minimum absolute atomic E-state index is 0.0477. The molecule has 1 saturated carbocycles. The van der Waals surface area contributed by atoms with Crippen LogP contribution in [0.25, 0.3) is 11.4 Å². The predicted octanol–water partition coefficient (Wildman–Crippen LogP) is 4.20. The van der Waals surface area contributed by atoms with Gasteiger partial charge in [-0.25, -0.2) is 15.0 Å². The summed E-state index contributed by atoms with van der Waals surface area (Å²) in [6.45, 7) is 3.14. The lowest BCUT2D eigenvalue weighted by atomic mass is 10.1. The molecule has 2 N–H and O–H groups in total. The molecule has 11 heteroatoms. The summed E-state index contributed by atoms with van der Waals surface area (Å²) < 4.78 is 12.9. The van der Waals surface area contributed by atoms with Crippen LogP contribution in [0.1, 0.15) is 23.2 Å². The highest BCUT2D eigenvalue weighted by molar-refractivity contribution is 6.04. The van der Waals surface area contributed by atoms with Gasteiger partial charge in [0.15, 0.2) is 17.4 Å². The molecule has 0 bridgehead atoms. The number of carbonyl (C=O) groups excluding carboxylic acids is 1. The van der Waals surface area contributed by atoms with Crippen molar-refractivity contribution in [3.05, 3.63) is 60.7 Å². The van der Waals surface area contributed by atoms with Crippen LogP contribution in [0.5, 0.6) is 5.75 Å². The standard InChI is InChI=1S/C28H30N8O3/c1-35-17-31-28(34-35)20-4-3-5-22(27(20)38-2)32-23-14-25(30-16-21(23)26(37)18-6-7-18)33-24-9-8-19(15-29-24)36-10-12-39-13-11-36/h3-5,8-9,14-18H,6-7,10-13H2,1-2H3,(H2,29,30,32,33). The van der Waals surface area contributed by atoms with Gasteiger partial charge in [-0.15, -0.1) is 0 Å². The zero-order chi connectivity index (χ0) is 26.8. The first-order valence-corrected chi connectivity index (χ1v) is 13.0. The van der Waals surface area contributed by atoms with Crippen molar-refractivity contribution in [3.63, 3.8) is 0 Å². The second-order valence-corrected chi connectivity index (χ2v) is 9.63. The number of aryl methyl sites for hydroxylation is 1. The smallest absolute Gasteiger partial charge is 0.184 e. The van der Waals surface area contributed by atoms with E-state index in [4.69, 9.17) is 9.47 Å². The molecular formula is C28H30N8O3. The first-order valence-electron chi connectivity index (χ1n) is 13.0. The fourth-order valence-electron chi connectivity index (χ4n) is 4.63. The van der Waals surface area contributed by atoms with Crippen molar-refractivity contribution in [2.45, 2.75) is 12.8 Å². The highest BCUT2D eigenvalue weighted by Gasteiger charge is 2.32. The first kappa shape index (κ1) is 24.8. The Morgan fingerprint density at radius 3 is 2.51 bits per heavy atom. The number of carbonyl (C=O) groups is 1. The SMILES string of the molecule is COc1c(Nc2cc(Nc3ccc(N4CCOCC4)cn3)ncc2C(=O)C2CC2)cccc1-c1ncn(C)n1. The van der Waals surface area contributed by atoms with Crippen molar-refractivity contribution in [3.8, 4) is 17.1 Å². The van der Waals surface area contributed by atoms with E-state index in [1.54, 1.807) is 24.3 Å². The van der Waals surface area contributed by atoms with Crippen molar-refractivity contribution in [1.29, 1.82) is 0 Å². The van der Waals surface area contributed by atoms with E-state index in [9.17, 15) is 4.79 Å². The number of ether oxygens (including phenoxy) is 2. The van der Waals surface area contributed by atoms with Crippen LogP contribution >= 0.6 is 0 Å². The van der Waals surface area contributed by atoms with Gasteiger partial charge < -0.3 is 25.0 Å². The number of morpholine rings is 1. The maximum absolute atomic E-state index is 13.1. The van der Waals surface area contributed by atoms with Gasteiger partial charge >= 0.3 is 0 Å². The molecule has 2 fully saturated rings. The van der Waals surface area contributed by atoms with Gasteiger partial charge in [-0.1, -0.05) is 6.07 Å². The minimum atomic E-state index is 0.0477. The van der Waals surface area contributed by atoms with Crippen LogP contribution in [0, 0.1) is 5.92 Å². The molecule has 3 aromatic heterocycles. The fourth-order valence-corrected chi connectivity index (χ4v) is 4.63. The van der Waals surface area contributed by atoms with Crippen LogP contribution in [0.15, 0.2) is 55.1 Å². The van der Waals surface area contributed by atoms with Gasteiger partial charge in [0.25, 0.3) is 0 Å². The molecule has 4 aromatic rings. The van der Waals surface area contributed by atoms with Gasteiger partial charge in [-0.3, -0.25) is 9.48 Å². The zero-order valence-corrected chi connectivity index (χ0v) is 21.9. The molecule has 1 aromatic carbocycles. The summed E-state index contributed by atoms with van der Waals surface area (Å²) in [5.74, 6) is 2.50. The lowest BCUT2D eigenvalue weighted by Crippen LogP contribution is -2.36. The number of para-hydroxylation sites is 1. The van der Waals surface area contributed by atoms with E-state index in [1.807, 2.05) is 49.6 Å². The Kier molecular flexibility index (Phi) is 6.80. The number of ketones is 1. The van der Waals surface area contributed by atoms with Crippen molar-refractivity contribution in [1.82, 2.24) is 24.7 Å². The summed E-state index contributed by atoms with van der Waals surface area (Å²) in [6.07, 6.45) is 6.93. The lowest BCUT2D eigenvalue weighted by molar-refractivity contribution is 0.0968. The molecule has 1 aliphatic carbocycles. The molecule has 0 radical (unpaired) electrons. The van der Waals surface area contributed by atoms with Crippen molar-refractivity contribution < 1.29 is 14.3 Å². The second kappa shape index (κ2) is 10.7. The number of anilines is 5. The Bertz CT molecular complexity index is 1480. The average molecular weight is 527 g/mol. The molecule has 2 aliphatic rings. The third-order valence-corrected chi connectivity index (χ3v) is 6.83. The van der Waals surface area contributed by atoms with Crippen LogP contribution in [0.3, 0.4) is 0 Å². The second-order valence-electron chi connectivity index (χ2n) is 9.63. The molecule has 0 spiro atoms. The van der Waals surface area contributed by atoms with Gasteiger partial charge in [-0.2, -0.15) is 5.10 Å². The number of nitrogens with one attached hydrogen (secondary N) is 2. The van der Waals surface area contributed by atoms with Crippen molar-refractivity contribution in [2.24, 2.45) is 13.0 Å². The third kappa shape index (κ3) is 5.39. The summed E-state index contributed by atoms with van der Waals surface area (Å²) in [4.78, 5) is 28.9. The Balaban J connectivity index is 1.29. The van der Waals surface area contributed by atoms with Gasteiger partial charge in [-0.05, 0) is 37.1 Å². The van der Waals surface area contributed by atoms with E-state index >= 15 is 0 Å². The maximum atomic E-state index is 13.1. The summed E-state index contributed by atoms with van der Waals surface area (Å²) in [5, 5.41) is 11.1. The molecule has 1 saturated heterocycles. The van der Waals surface area contributed by atoms with E-state index < -0.39 is 0 Å². The number of nitrogens with zero attached hydrogens (tertiary/aromatic N) is 6. The molecule has 39 heavy (non-hydrogen) atoms. The number of methoxy groups -OCH3 is 1. The quantitative estimate of drug-likeness (QED) is 0.307. The number of pyridine rings is 2. The van der Waals surface area contributed by atoms with Gasteiger partial charge in [0.1, 0.15) is 18.0 Å². The number of hydrogen-bond donors (Lipinski definition) is 2. The Morgan fingerprint density at radius 2 is 1.82 bits per heavy atom. The summed E-state index contributed by atoms with van der Waals surface area (Å²) >= 11 is 0. The summed E-state index contributed by atoms with van der Waals surface area (Å²) in [5.41, 5.74) is 3.67. The first-order chi connectivity index (χ1) is 19.1. The molecule has 1 aliphatic heterocycles. The minimum Gasteiger partial charge on any atom is -0.494 e. The lowest BCUT2D eigenvalue weighted by Gasteiger charge is -2.28. The number of rotatable bonds is 9. The highest BCUT2D eigenvalue weighted by atomic mass is 16.5.